The van der Waals surface area contributed by atoms with Gasteiger partial charge in [-0.05, 0) is 123 Å². The summed E-state index contributed by atoms with van der Waals surface area (Å²) in [7, 11) is -4.44. The minimum absolute atomic E-state index is 0.102. The van der Waals surface area contributed by atoms with Crippen LogP contribution in [0.15, 0.2) is 103 Å². The average Bonchev–Trinajstić information content (AvgIpc) is 2.94. The molecule has 0 aromatic heterocycles. The zero-order valence-electron chi connectivity index (χ0n) is 25.8. The number of hydrogen-bond acceptors (Lipinski definition) is 2. The van der Waals surface area contributed by atoms with E-state index >= 15 is 0 Å². The van der Waals surface area contributed by atoms with E-state index in [1.165, 1.54) is 61.7 Å². The standard InChI is InChI=1S/C39H38O3S/c1-25-19-27(3)36(28(4)20-25)23-31-11-15-33(16-12-31)39(35-9-7-8-10-38(35)43(40,41)42)34-17-13-32(14-18-34)24-37-29(5)21-26(2)22-30(37)6/h7-22H,23-24H2,1-6H3/p+1. The lowest BCUT2D eigenvalue weighted by atomic mass is 9.87. The molecule has 0 unspecified atom stereocenters. The van der Waals surface area contributed by atoms with Crippen molar-refractivity contribution in [3.8, 4) is 0 Å². The van der Waals surface area contributed by atoms with E-state index in [0.29, 0.717) is 5.57 Å². The van der Waals surface area contributed by atoms with E-state index in [1.54, 1.807) is 18.2 Å². The highest BCUT2D eigenvalue weighted by Gasteiger charge is 2.35. The molecule has 4 heteroatoms. The number of benzene rings is 4. The predicted molar refractivity (Wildman–Crippen MR) is 179 cm³/mol. The van der Waals surface area contributed by atoms with Crippen LogP contribution in [0.5, 0.6) is 0 Å². The van der Waals surface area contributed by atoms with Gasteiger partial charge in [0, 0.05) is 35.4 Å². The van der Waals surface area contributed by atoms with E-state index in [4.69, 9.17) is 0 Å². The molecule has 0 saturated heterocycles. The first kappa shape index (κ1) is 30.3. The maximum atomic E-state index is 12.5. The highest BCUT2D eigenvalue weighted by Crippen LogP contribution is 2.37. The van der Waals surface area contributed by atoms with Crippen molar-refractivity contribution in [2.75, 3.05) is 0 Å². The summed E-state index contributed by atoms with van der Waals surface area (Å²) in [6.07, 6.45) is 8.30. The summed E-state index contributed by atoms with van der Waals surface area (Å²) >= 11 is 0. The summed E-state index contributed by atoms with van der Waals surface area (Å²) in [5, 5.41) is -0.102. The lowest BCUT2D eigenvalue weighted by Crippen LogP contribution is -2.14. The van der Waals surface area contributed by atoms with Gasteiger partial charge in [-0.1, -0.05) is 59.7 Å². The summed E-state index contributed by atoms with van der Waals surface area (Å²) in [6.45, 7) is 12.9. The number of allylic oxidation sites excluding steroid dienone is 3. The van der Waals surface area contributed by atoms with Gasteiger partial charge >= 0.3 is 10.1 Å². The lowest BCUT2D eigenvalue weighted by molar-refractivity contribution is 0.487. The second-order valence-corrected chi connectivity index (χ2v) is 13.2. The molecule has 4 aromatic carbocycles. The van der Waals surface area contributed by atoms with E-state index in [0.717, 1.165) is 29.5 Å². The largest absolute Gasteiger partial charge is 0.331 e. The van der Waals surface area contributed by atoms with E-state index in [2.05, 4.69) is 114 Å². The second kappa shape index (κ2) is 12.2. The Morgan fingerprint density at radius 3 is 1.40 bits per heavy atom. The molecule has 0 bridgehead atoms. The molecule has 0 atom stereocenters. The van der Waals surface area contributed by atoms with Crippen LogP contribution in [0.4, 0.5) is 0 Å². The SMILES string of the molecule is Cc1cc(C)c(Cc2ccc(C(=C3C=CC=C[C+]3S(=O)(=O)O)c3ccc(Cc4c(C)cc(C)cc4C)cc3)cc2)c(C)c1. The van der Waals surface area contributed by atoms with Gasteiger partial charge in [0.1, 0.15) is 5.57 Å². The molecular weight excluding hydrogens is 548 g/mol. The van der Waals surface area contributed by atoms with Gasteiger partial charge in [-0.25, -0.2) is 0 Å². The summed E-state index contributed by atoms with van der Waals surface area (Å²) in [6, 6.07) is 25.6. The van der Waals surface area contributed by atoms with Gasteiger partial charge in [-0.2, -0.15) is 8.42 Å². The fourth-order valence-electron chi connectivity index (χ4n) is 6.34. The molecule has 0 saturated carbocycles. The molecule has 0 spiro atoms. The molecule has 1 N–H and O–H groups in total. The zero-order chi connectivity index (χ0) is 30.9. The number of aryl methyl sites for hydroxylation is 6. The monoisotopic (exact) mass is 587 g/mol. The van der Waals surface area contributed by atoms with Crippen molar-refractivity contribution in [2.45, 2.75) is 54.4 Å². The molecule has 3 nitrogen and oxygen atoms in total. The Bertz CT molecular complexity index is 1720. The molecule has 218 valence electrons. The normalized spacial score (nSPS) is 13.1. The minimum Gasteiger partial charge on any atom is -0.274 e. The first-order valence-corrected chi connectivity index (χ1v) is 16.1. The third-order valence-electron chi connectivity index (χ3n) is 8.36. The smallest absolute Gasteiger partial charge is 0.274 e. The van der Waals surface area contributed by atoms with Crippen LogP contribution in [0.1, 0.15) is 66.8 Å². The van der Waals surface area contributed by atoms with Gasteiger partial charge in [0.15, 0.2) is 5.25 Å². The zero-order valence-corrected chi connectivity index (χ0v) is 26.6. The Kier molecular flexibility index (Phi) is 8.64. The predicted octanol–water partition coefficient (Wildman–Crippen LogP) is 9.07. The minimum atomic E-state index is -4.44. The Hall–Kier alpha value is -4.12. The molecule has 0 amide bonds. The molecule has 0 aliphatic heterocycles. The maximum Gasteiger partial charge on any atom is 0.331 e. The summed E-state index contributed by atoms with van der Waals surface area (Å²) in [4.78, 5) is 0. The Balaban J connectivity index is 1.55. The maximum absolute atomic E-state index is 12.5. The highest BCUT2D eigenvalue weighted by molar-refractivity contribution is 7.89. The van der Waals surface area contributed by atoms with Crippen molar-refractivity contribution in [2.24, 2.45) is 0 Å². The van der Waals surface area contributed by atoms with Gasteiger partial charge in [0.25, 0.3) is 0 Å². The van der Waals surface area contributed by atoms with Crippen LogP contribution >= 0.6 is 0 Å². The van der Waals surface area contributed by atoms with Crippen molar-refractivity contribution < 1.29 is 13.0 Å². The molecule has 43 heavy (non-hydrogen) atoms. The summed E-state index contributed by atoms with van der Waals surface area (Å²) in [5.74, 6) is 0. The van der Waals surface area contributed by atoms with Crippen LogP contribution in [0, 0.1) is 46.8 Å². The van der Waals surface area contributed by atoms with E-state index in [1.807, 2.05) is 0 Å². The van der Waals surface area contributed by atoms with Gasteiger partial charge in [0.2, 0.25) is 0 Å². The summed E-state index contributed by atoms with van der Waals surface area (Å²) in [5.41, 5.74) is 15.7. The van der Waals surface area contributed by atoms with Crippen LogP contribution in [-0.4, -0.2) is 13.0 Å². The number of rotatable bonds is 7. The topological polar surface area (TPSA) is 54.4 Å². The average molecular weight is 588 g/mol. The fraction of sp³-hybridized carbons (Fsp3) is 0.205. The highest BCUT2D eigenvalue weighted by atomic mass is 32.2. The Labute approximate surface area is 257 Å². The van der Waals surface area contributed by atoms with Crippen molar-refractivity contribution in [3.63, 3.8) is 0 Å². The van der Waals surface area contributed by atoms with Crippen LogP contribution in [0.3, 0.4) is 0 Å². The van der Waals surface area contributed by atoms with E-state index in [-0.39, 0.29) is 5.25 Å². The van der Waals surface area contributed by atoms with Crippen molar-refractivity contribution in [1.29, 1.82) is 0 Å². The summed E-state index contributed by atoms with van der Waals surface area (Å²) < 4.78 is 35.0. The molecule has 0 fully saturated rings. The van der Waals surface area contributed by atoms with Gasteiger partial charge in [-0.3, -0.25) is 4.55 Å². The first-order chi connectivity index (χ1) is 20.4. The fourth-order valence-corrected chi connectivity index (χ4v) is 7.04. The third kappa shape index (κ3) is 6.77. The van der Waals surface area contributed by atoms with Crippen LogP contribution in [-0.2, 0) is 23.0 Å². The second-order valence-electron chi connectivity index (χ2n) is 11.8. The molecular formula is C39H39O3S+. The molecule has 0 heterocycles. The van der Waals surface area contributed by atoms with Crippen molar-refractivity contribution in [3.05, 3.63) is 175 Å². The van der Waals surface area contributed by atoms with Crippen molar-refractivity contribution in [1.82, 2.24) is 0 Å². The van der Waals surface area contributed by atoms with Crippen LogP contribution < -0.4 is 0 Å². The van der Waals surface area contributed by atoms with E-state index < -0.39 is 10.1 Å². The molecule has 0 radical (unpaired) electrons. The van der Waals surface area contributed by atoms with Crippen molar-refractivity contribution >= 4 is 15.7 Å². The Morgan fingerprint density at radius 1 is 0.628 bits per heavy atom. The van der Waals surface area contributed by atoms with Gasteiger partial charge in [-0.15, -0.1) is 0 Å². The first-order valence-electron chi connectivity index (χ1n) is 14.7. The molecule has 1 aliphatic carbocycles. The lowest BCUT2D eigenvalue weighted by Gasteiger charge is -2.15. The Morgan fingerprint density at radius 2 is 1.02 bits per heavy atom. The third-order valence-corrected chi connectivity index (χ3v) is 9.27. The number of hydrogen-bond donors (Lipinski definition) is 1. The van der Waals surface area contributed by atoms with Gasteiger partial charge < -0.3 is 0 Å². The molecule has 1 aliphatic rings. The van der Waals surface area contributed by atoms with Crippen LogP contribution in [0.2, 0.25) is 0 Å². The molecule has 5 rings (SSSR count). The van der Waals surface area contributed by atoms with Gasteiger partial charge in [0.05, 0.1) is 5.57 Å². The van der Waals surface area contributed by atoms with E-state index in [9.17, 15) is 13.0 Å². The molecule has 4 aromatic rings. The quantitative estimate of drug-likeness (QED) is 0.173. The van der Waals surface area contributed by atoms with Crippen LogP contribution in [0.25, 0.3) is 5.57 Å².